The molecule has 0 atom stereocenters. The van der Waals surface area contributed by atoms with Gasteiger partial charge in [-0.1, -0.05) is 11.6 Å². The molecule has 110 valence electrons. The predicted octanol–water partition coefficient (Wildman–Crippen LogP) is 3.07. The lowest BCUT2D eigenvalue weighted by molar-refractivity contribution is 0.0682. The van der Waals surface area contributed by atoms with Gasteiger partial charge in [-0.05, 0) is 43.9 Å². The van der Waals surface area contributed by atoms with Crippen LogP contribution >= 0.6 is 11.6 Å². The lowest BCUT2D eigenvalue weighted by Gasteiger charge is -2.29. The number of amides is 1. The number of halogens is 1. The van der Waals surface area contributed by atoms with Crippen molar-refractivity contribution in [2.24, 2.45) is 0 Å². The average Bonchev–Trinajstić information content (AvgIpc) is 2.49. The Labute approximate surface area is 124 Å². The zero-order valence-electron chi connectivity index (χ0n) is 11.9. The van der Waals surface area contributed by atoms with E-state index in [0.29, 0.717) is 22.7 Å². The Morgan fingerprint density at radius 2 is 2.00 bits per heavy atom. The minimum absolute atomic E-state index is 0.104. The van der Waals surface area contributed by atoms with Crippen LogP contribution in [0, 0.1) is 0 Å². The molecule has 0 spiro atoms. The highest BCUT2D eigenvalue weighted by molar-refractivity contribution is 6.33. The first kappa shape index (κ1) is 15.1. The number of rotatable bonds is 4. The summed E-state index contributed by atoms with van der Waals surface area (Å²) in [6.45, 7) is 0. The van der Waals surface area contributed by atoms with Gasteiger partial charge >= 0.3 is 0 Å². The molecule has 1 amide bonds. The second-order valence-corrected chi connectivity index (χ2v) is 5.53. The van der Waals surface area contributed by atoms with E-state index < -0.39 is 0 Å². The normalized spacial score (nSPS) is 22.4. The Morgan fingerprint density at radius 3 is 2.60 bits per heavy atom. The number of hydrogen-bond acceptors (Lipinski definition) is 3. The van der Waals surface area contributed by atoms with Gasteiger partial charge in [-0.2, -0.15) is 0 Å². The van der Waals surface area contributed by atoms with Crippen LogP contribution in [0.2, 0.25) is 5.02 Å². The van der Waals surface area contributed by atoms with Gasteiger partial charge in [-0.15, -0.1) is 0 Å². The second-order valence-electron chi connectivity index (χ2n) is 5.13. The number of methoxy groups -OCH3 is 1. The number of benzene rings is 1. The molecule has 0 bridgehead atoms. The monoisotopic (exact) mass is 296 g/mol. The summed E-state index contributed by atoms with van der Waals surface area (Å²) >= 11 is 6.20. The highest BCUT2D eigenvalue weighted by Crippen LogP contribution is 2.28. The number of hydrogen-bond donors (Lipinski definition) is 2. The quantitative estimate of drug-likeness (QED) is 0.898. The zero-order chi connectivity index (χ0) is 14.5. The Kier molecular flexibility index (Phi) is 5.26. The van der Waals surface area contributed by atoms with Gasteiger partial charge in [0.05, 0.1) is 16.8 Å². The van der Waals surface area contributed by atoms with E-state index >= 15 is 0 Å². The van der Waals surface area contributed by atoms with Crippen LogP contribution in [0.1, 0.15) is 36.0 Å². The summed E-state index contributed by atoms with van der Waals surface area (Å²) < 4.78 is 5.37. The third kappa shape index (κ3) is 3.64. The lowest BCUT2D eigenvalue weighted by Crippen LogP contribution is -2.29. The summed E-state index contributed by atoms with van der Waals surface area (Å²) in [5, 5.41) is 6.71. The molecule has 5 heteroatoms. The van der Waals surface area contributed by atoms with Crippen LogP contribution in [0.3, 0.4) is 0 Å². The molecule has 0 radical (unpaired) electrons. The van der Waals surface area contributed by atoms with Gasteiger partial charge in [-0.25, -0.2) is 0 Å². The fourth-order valence-corrected chi connectivity index (χ4v) is 2.76. The minimum Gasteiger partial charge on any atom is -0.381 e. The summed E-state index contributed by atoms with van der Waals surface area (Å²) in [6.07, 6.45) is 4.60. The molecule has 1 aliphatic rings. The van der Waals surface area contributed by atoms with Crippen LogP contribution in [0.4, 0.5) is 5.69 Å². The highest BCUT2D eigenvalue weighted by Gasteiger charge is 2.21. The van der Waals surface area contributed by atoms with Crippen LogP contribution in [0.25, 0.3) is 0 Å². The van der Waals surface area contributed by atoms with Crippen molar-refractivity contribution in [1.29, 1.82) is 0 Å². The molecule has 0 aromatic heterocycles. The van der Waals surface area contributed by atoms with E-state index in [1.165, 1.54) is 0 Å². The first-order valence-corrected chi connectivity index (χ1v) is 7.32. The molecule has 4 nitrogen and oxygen atoms in total. The Hall–Kier alpha value is -1.26. The molecule has 2 rings (SSSR count). The van der Waals surface area contributed by atoms with Crippen molar-refractivity contribution in [3.8, 4) is 0 Å². The smallest absolute Gasteiger partial charge is 0.251 e. The van der Waals surface area contributed by atoms with Gasteiger partial charge in [0, 0.05) is 25.8 Å². The van der Waals surface area contributed by atoms with E-state index in [9.17, 15) is 4.79 Å². The van der Waals surface area contributed by atoms with E-state index in [-0.39, 0.29) is 5.91 Å². The Balaban J connectivity index is 2.03. The molecule has 1 aliphatic carbocycles. The maximum atomic E-state index is 11.7. The number of carbonyl (C=O) groups is 1. The summed E-state index contributed by atoms with van der Waals surface area (Å²) in [7, 11) is 3.39. The number of nitrogens with one attached hydrogen (secondary N) is 2. The maximum Gasteiger partial charge on any atom is 0.251 e. The Morgan fingerprint density at radius 1 is 1.30 bits per heavy atom. The van der Waals surface area contributed by atoms with E-state index in [0.717, 1.165) is 31.4 Å². The molecule has 2 N–H and O–H groups in total. The molecule has 20 heavy (non-hydrogen) atoms. The summed E-state index contributed by atoms with van der Waals surface area (Å²) in [5.74, 6) is -0.104. The van der Waals surface area contributed by atoms with E-state index in [4.69, 9.17) is 16.3 Å². The van der Waals surface area contributed by atoms with Crippen molar-refractivity contribution >= 4 is 23.2 Å². The molecule has 0 unspecified atom stereocenters. The second kappa shape index (κ2) is 6.95. The molecule has 1 saturated carbocycles. The first-order valence-electron chi connectivity index (χ1n) is 6.95. The highest BCUT2D eigenvalue weighted by atomic mass is 35.5. The number of anilines is 1. The van der Waals surface area contributed by atoms with Crippen molar-refractivity contribution in [3.63, 3.8) is 0 Å². The summed E-state index contributed by atoms with van der Waals surface area (Å²) in [6, 6.07) is 5.69. The molecular formula is C15H21ClN2O2. The zero-order valence-corrected chi connectivity index (χ0v) is 12.7. The third-order valence-electron chi connectivity index (χ3n) is 3.82. The Bertz CT molecular complexity index is 471. The molecule has 0 saturated heterocycles. The molecule has 0 aliphatic heterocycles. The lowest BCUT2D eigenvalue weighted by atomic mass is 9.92. The van der Waals surface area contributed by atoms with Gasteiger partial charge < -0.3 is 15.4 Å². The van der Waals surface area contributed by atoms with E-state index in [2.05, 4.69) is 10.6 Å². The van der Waals surface area contributed by atoms with Crippen LogP contribution < -0.4 is 10.6 Å². The summed E-state index contributed by atoms with van der Waals surface area (Å²) in [4.78, 5) is 11.7. The van der Waals surface area contributed by atoms with Gasteiger partial charge in [0.1, 0.15) is 0 Å². The van der Waals surface area contributed by atoms with Gasteiger partial charge in [0.2, 0.25) is 0 Å². The van der Waals surface area contributed by atoms with E-state index in [1.54, 1.807) is 26.3 Å². The molecule has 1 aromatic rings. The van der Waals surface area contributed by atoms with Crippen molar-refractivity contribution in [2.75, 3.05) is 19.5 Å². The summed E-state index contributed by atoms with van der Waals surface area (Å²) in [5.41, 5.74) is 1.44. The van der Waals surface area contributed by atoms with Crippen LogP contribution in [0.15, 0.2) is 18.2 Å². The minimum atomic E-state index is -0.104. The maximum absolute atomic E-state index is 11.7. The van der Waals surface area contributed by atoms with Crippen molar-refractivity contribution < 1.29 is 9.53 Å². The molecule has 1 fully saturated rings. The average molecular weight is 297 g/mol. The largest absolute Gasteiger partial charge is 0.381 e. The van der Waals surface area contributed by atoms with Gasteiger partial charge in [0.25, 0.3) is 5.91 Å². The standard InChI is InChI=1S/C15H21ClN2O2/c1-17-15(19)10-3-8-13(16)14(9-10)18-11-4-6-12(20-2)7-5-11/h3,8-9,11-12,18H,4-7H2,1-2H3,(H,17,19). The van der Waals surface area contributed by atoms with Crippen molar-refractivity contribution in [1.82, 2.24) is 5.32 Å². The molecule has 1 aromatic carbocycles. The fraction of sp³-hybridized carbons (Fsp3) is 0.533. The molecular weight excluding hydrogens is 276 g/mol. The van der Waals surface area contributed by atoms with Crippen molar-refractivity contribution in [3.05, 3.63) is 28.8 Å². The number of ether oxygens (including phenoxy) is 1. The first-order chi connectivity index (χ1) is 9.63. The third-order valence-corrected chi connectivity index (χ3v) is 4.15. The van der Waals surface area contributed by atoms with Crippen LogP contribution in [0.5, 0.6) is 0 Å². The SMILES string of the molecule is CNC(=O)c1ccc(Cl)c(NC2CCC(OC)CC2)c1. The predicted molar refractivity (Wildman–Crippen MR) is 81.5 cm³/mol. The fourth-order valence-electron chi connectivity index (χ4n) is 2.58. The van der Waals surface area contributed by atoms with Gasteiger partial charge in [0.15, 0.2) is 0 Å². The van der Waals surface area contributed by atoms with Crippen molar-refractivity contribution in [2.45, 2.75) is 37.8 Å². The molecule has 0 heterocycles. The number of carbonyl (C=O) groups excluding carboxylic acids is 1. The van der Waals surface area contributed by atoms with Gasteiger partial charge in [-0.3, -0.25) is 4.79 Å². The van der Waals surface area contributed by atoms with Crippen LogP contribution in [-0.2, 0) is 4.74 Å². The van der Waals surface area contributed by atoms with E-state index in [1.807, 2.05) is 6.07 Å². The van der Waals surface area contributed by atoms with Crippen LogP contribution in [-0.4, -0.2) is 32.2 Å². The topological polar surface area (TPSA) is 50.4 Å².